The summed E-state index contributed by atoms with van der Waals surface area (Å²) in [5.74, 6) is 0. The Labute approximate surface area is 99.1 Å². The summed E-state index contributed by atoms with van der Waals surface area (Å²) in [7, 11) is 0. The van der Waals surface area contributed by atoms with Crippen LogP contribution in [0.2, 0.25) is 0 Å². The summed E-state index contributed by atoms with van der Waals surface area (Å²) in [5.41, 5.74) is 1.91. The molecule has 0 aliphatic carbocycles. The minimum absolute atomic E-state index is 0.107. The minimum Gasteiger partial charge on any atom is -0.333 e. The number of hydrogen-bond donors (Lipinski definition) is 0. The second-order valence-electron chi connectivity index (χ2n) is 3.63. The standard InChI is InChI=1S/C10H14ClN5/c1-3-15-7-12-4-9(15)5-16-6-10(8(2)11)13-14-16/h4,6-8H,3,5H2,1-2H3. The molecule has 0 aliphatic heterocycles. The molecule has 0 radical (unpaired) electrons. The second kappa shape index (κ2) is 4.65. The summed E-state index contributed by atoms with van der Waals surface area (Å²) in [6.45, 7) is 5.54. The van der Waals surface area contributed by atoms with Gasteiger partial charge in [-0.15, -0.1) is 16.7 Å². The Morgan fingerprint density at radius 3 is 2.94 bits per heavy atom. The molecular formula is C10H14ClN5. The Balaban J connectivity index is 2.14. The van der Waals surface area contributed by atoms with Gasteiger partial charge >= 0.3 is 0 Å². The van der Waals surface area contributed by atoms with Gasteiger partial charge in [-0.25, -0.2) is 9.67 Å². The van der Waals surface area contributed by atoms with Crippen LogP contribution < -0.4 is 0 Å². The lowest BCUT2D eigenvalue weighted by Gasteiger charge is -2.03. The van der Waals surface area contributed by atoms with Crippen molar-refractivity contribution in [1.29, 1.82) is 0 Å². The molecule has 0 bridgehead atoms. The first-order valence-electron chi connectivity index (χ1n) is 5.23. The summed E-state index contributed by atoms with van der Waals surface area (Å²) in [4.78, 5) is 4.11. The van der Waals surface area contributed by atoms with Gasteiger partial charge < -0.3 is 4.57 Å². The molecule has 1 atom stereocenters. The Morgan fingerprint density at radius 1 is 1.50 bits per heavy atom. The van der Waals surface area contributed by atoms with Gasteiger partial charge in [-0.2, -0.15) is 0 Å². The van der Waals surface area contributed by atoms with Crippen LogP contribution >= 0.6 is 11.6 Å². The average molecular weight is 240 g/mol. The zero-order chi connectivity index (χ0) is 11.5. The van der Waals surface area contributed by atoms with E-state index in [2.05, 4.69) is 26.8 Å². The number of nitrogens with zero attached hydrogens (tertiary/aromatic N) is 5. The predicted octanol–water partition coefficient (Wildman–Crippen LogP) is 1.84. The van der Waals surface area contributed by atoms with Crippen molar-refractivity contribution >= 4 is 11.6 Å². The monoisotopic (exact) mass is 239 g/mol. The van der Waals surface area contributed by atoms with E-state index >= 15 is 0 Å². The number of rotatable bonds is 4. The molecule has 0 N–H and O–H groups in total. The van der Waals surface area contributed by atoms with Gasteiger partial charge in [0, 0.05) is 6.54 Å². The average Bonchev–Trinajstić information content (AvgIpc) is 2.87. The lowest BCUT2D eigenvalue weighted by atomic mass is 10.3. The Bertz CT molecular complexity index is 459. The quantitative estimate of drug-likeness (QED) is 0.765. The van der Waals surface area contributed by atoms with Gasteiger partial charge in [0.25, 0.3) is 0 Å². The van der Waals surface area contributed by atoms with E-state index in [1.807, 2.05) is 25.6 Å². The summed E-state index contributed by atoms with van der Waals surface area (Å²) in [6.07, 6.45) is 5.52. The molecule has 0 aliphatic rings. The normalized spacial score (nSPS) is 12.9. The number of aryl methyl sites for hydroxylation is 1. The van der Waals surface area contributed by atoms with Gasteiger partial charge in [0.05, 0.1) is 36.3 Å². The zero-order valence-electron chi connectivity index (χ0n) is 9.34. The second-order valence-corrected chi connectivity index (χ2v) is 4.28. The molecular weight excluding hydrogens is 226 g/mol. The molecule has 6 heteroatoms. The third kappa shape index (κ3) is 2.24. The lowest BCUT2D eigenvalue weighted by Crippen LogP contribution is -2.06. The maximum atomic E-state index is 5.92. The lowest BCUT2D eigenvalue weighted by molar-refractivity contribution is 0.602. The van der Waals surface area contributed by atoms with Gasteiger partial charge in [0.15, 0.2) is 0 Å². The van der Waals surface area contributed by atoms with Crippen molar-refractivity contribution in [2.45, 2.75) is 32.3 Å². The van der Waals surface area contributed by atoms with E-state index in [-0.39, 0.29) is 5.38 Å². The highest BCUT2D eigenvalue weighted by atomic mass is 35.5. The molecule has 86 valence electrons. The molecule has 0 spiro atoms. The molecule has 2 rings (SSSR count). The van der Waals surface area contributed by atoms with E-state index in [0.29, 0.717) is 6.54 Å². The third-order valence-corrected chi connectivity index (χ3v) is 2.65. The van der Waals surface area contributed by atoms with Crippen molar-refractivity contribution in [2.24, 2.45) is 0 Å². The van der Waals surface area contributed by atoms with Crippen molar-refractivity contribution in [3.8, 4) is 0 Å². The number of hydrogen-bond acceptors (Lipinski definition) is 3. The summed E-state index contributed by atoms with van der Waals surface area (Å²) >= 11 is 5.92. The number of imidazole rings is 1. The predicted molar refractivity (Wildman–Crippen MR) is 61.3 cm³/mol. The fourth-order valence-corrected chi connectivity index (χ4v) is 1.60. The van der Waals surface area contributed by atoms with Crippen LogP contribution in [0.4, 0.5) is 0 Å². The Kier molecular flexibility index (Phi) is 3.24. The Morgan fingerprint density at radius 2 is 2.31 bits per heavy atom. The first-order valence-corrected chi connectivity index (χ1v) is 5.67. The van der Waals surface area contributed by atoms with E-state index in [0.717, 1.165) is 17.9 Å². The van der Waals surface area contributed by atoms with E-state index in [1.54, 1.807) is 4.68 Å². The topological polar surface area (TPSA) is 48.5 Å². The van der Waals surface area contributed by atoms with E-state index < -0.39 is 0 Å². The van der Waals surface area contributed by atoms with Crippen LogP contribution in [0.3, 0.4) is 0 Å². The van der Waals surface area contributed by atoms with Crippen LogP contribution in [0.15, 0.2) is 18.7 Å². The van der Waals surface area contributed by atoms with E-state index in [4.69, 9.17) is 11.6 Å². The molecule has 16 heavy (non-hydrogen) atoms. The smallest absolute Gasteiger partial charge is 0.100 e. The fraction of sp³-hybridized carbons (Fsp3) is 0.500. The van der Waals surface area contributed by atoms with Crippen molar-refractivity contribution in [1.82, 2.24) is 24.5 Å². The first-order chi connectivity index (χ1) is 7.70. The fourth-order valence-electron chi connectivity index (χ4n) is 1.50. The molecule has 1 unspecified atom stereocenters. The molecule has 0 saturated carbocycles. The molecule has 2 aromatic heterocycles. The summed E-state index contributed by atoms with van der Waals surface area (Å²) < 4.78 is 3.85. The van der Waals surface area contributed by atoms with Crippen LogP contribution in [-0.4, -0.2) is 24.5 Å². The molecule has 2 heterocycles. The SMILES string of the molecule is CCn1cncc1Cn1cc(C(C)Cl)nn1. The maximum absolute atomic E-state index is 5.92. The largest absolute Gasteiger partial charge is 0.333 e. The van der Waals surface area contributed by atoms with Crippen LogP contribution in [0.25, 0.3) is 0 Å². The van der Waals surface area contributed by atoms with Crippen LogP contribution in [0.1, 0.15) is 30.6 Å². The molecule has 0 fully saturated rings. The van der Waals surface area contributed by atoms with Gasteiger partial charge in [0.1, 0.15) is 5.69 Å². The highest BCUT2D eigenvalue weighted by Crippen LogP contribution is 2.15. The molecule has 0 amide bonds. The summed E-state index contributed by atoms with van der Waals surface area (Å²) in [5, 5.41) is 7.93. The van der Waals surface area contributed by atoms with Gasteiger partial charge in [-0.05, 0) is 13.8 Å². The van der Waals surface area contributed by atoms with Crippen molar-refractivity contribution in [2.75, 3.05) is 0 Å². The van der Waals surface area contributed by atoms with Crippen LogP contribution in [-0.2, 0) is 13.1 Å². The van der Waals surface area contributed by atoms with E-state index in [1.165, 1.54) is 0 Å². The van der Waals surface area contributed by atoms with Gasteiger partial charge in [-0.1, -0.05) is 5.21 Å². The maximum Gasteiger partial charge on any atom is 0.100 e. The van der Waals surface area contributed by atoms with Gasteiger partial charge in [0.2, 0.25) is 0 Å². The van der Waals surface area contributed by atoms with Gasteiger partial charge in [-0.3, -0.25) is 0 Å². The first kappa shape index (κ1) is 11.1. The van der Waals surface area contributed by atoms with Crippen LogP contribution in [0, 0.1) is 0 Å². The van der Waals surface area contributed by atoms with E-state index in [9.17, 15) is 0 Å². The molecule has 2 aromatic rings. The van der Waals surface area contributed by atoms with Crippen molar-refractivity contribution in [3.05, 3.63) is 30.1 Å². The highest BCUT2D eigenvalue weighted by Gasteiger charge is 2.08. The van der Waals surface area contributed by atoms with Crippen LogP contribution in [0.5, 0.6) is 0 Å². The number of alkyl halides is 1. The van der Waals surface area contributed by atoms with Crippen molar-refractivity contribution < 1.29 is 0 Å². The minimum atomic E-state index is -0.107. The molecule has 0 saturated heterocycles. The molecule has 0 aromatic carbocycles. The molecule has 5 nitrogen and oxygen atoms in total. The Hall–Kier alpha value is -1.36. The van der Waals surface area contributed by atoms with Crippen molar-refractivity contribution in [3.63, 3.8) is 0 Å². The third-order valence-electron chi connectivity index (χ3n) is 2.43. The summed E-state index contributed by atoms with van der Waals surface area (Å²) in [6, 6.07) is 0. The number of aromatic nitrogens is 5. The highest BCUT2D eigenvalue weighted by molar-refractivity contribution is 6.20. The number of halogens is 1. The zero-order valence-corrected chi connectivity index (χ0v) is 10.1.